The first-order valence-corrected chi connectivity index (χ1v) is 7.94. The highest BCUT2D eigenvalue weighted by atomic mass is 79.9. The minimum Gasteiger partial charge on any atom is -0.495 e. The van der Waals surface area contributed by atoms with E-state index in [0.717, 1.165) is 4.57 Å². The Kier molecular flexibility index (Phi) is 5.68. The molecule has 1 aromatic heterocycles. The standard InChI is InChI=1S/C16H17BrN2O6/c1-18-10(7-13(20)19(2)16(18)22)8-25-15(21)9-5-11(23-3)14(17)12(6-9)24-4/h5-7H,8H2,1-4H3. The lowest BCUT2D eigenvalue weighted by atomic mass is 10.2. The number of rotatable bonds is 5. The maximum atomic E-state index is 12.3. The minimum atomic E-state index is -0.641. The van der Waals surface area contributed by atoms with E-state index in [1.165, 1.54) is 51.1 Å². The predicted octanol–water partition coefficient (Wildman–Crippen LogP) is 1.22. The number of halogens is 1. The minimum absolute atomic E-state index is 0.214. The van der Waals surface area contributed by atoms with E-state index in [-0.39, 0.29) is 17.9 Å². The molecule has 2 aromatic rings. The number of hydrogen-bond donors (Lipinski definition) is 0. The summed E-state index contributed by atoms with van der Waals surface area (Å²) in [4.78, 5) is 35.9. The average Bonchev–Trinajstić information content (AvgIpc) is 2.61. The second kappa shape index (κ2) is 7.56. The average molecular weight is 413 g/mol. The van der Waals surface area contributed by atoms with Gasteiger partial charge in [0.25, 0.3) is 5.56 Å². The van der Waals surface area contributed by atoms with Crippen LogP contribution in [0.3, 0.4) is 0 Å². The van der Waals surface area contributed by atoms with Crippen molar-refractivity contribution in [3.05, 3.63) is 54.8 Å². The molecule has 0 fully saturated rings. The van der Waals surface area contributed by atoms with Gasteiger partial charge in [0, 0.05) is 20.2 Å². The zero-order chi connectivity index (χ0) is 18.7. The maximum absolute atomic E-state index is 12.3. The predicted molar refractivity (Wildman–Crippen MR) is 93.3 cm³/mol. The van der Waals surface area contributed by atoms with Gasteiger partial charge in [0.2, 0.25) is 0 Å². The molecule has 0 N–H and O–H groups in total. The van der Waals surface area contributed by atoms with Crippen LogP contribution in [-0.2, 0) is 25.4 Å². The zero-order valence-electron chi connectivity index (χ0n) is 14.2. The van der Waals surface area contributed by atoms with Gasteiger partial charge in [-0.05, 0) is 28.1 Å². The van der Waals surface area contributed by atoms with Crippen LogP contribution >= 0.6 is 15.9 Å². The van der Waals surface area contributed by atoms with Crippen LogP contribution in [0.1, 0.15) is 16.1 Å². The molecule has 2 rings (SSSR count). The lowest BCUT2D eigenvalue weighted by Crippen LogP contribution is -2.38. The molecule has 134 valence electrons. The van der Waals surface area contributed by atoms with Crippen LogP contribution in [0.15, 0.2) is 32.3 Å². The number of hydrogen-bond acceptors (Lipinski definition) is 6. The summed E-state index contributed by atoms with van der Waals surface area (Å²) in [5.74, 6) is 0.178. The molecule has 25 heavy (non-hydrogen) atoms. The lowest BCUT2D eigenvalue weighted by Gasteiger charge is -2.12. The molecule has 0 atom stereocenters. The molecule has 0 saturated carbocycles. The summed E-state index contributed by atoms with van der Waals surface area (Å²) in [5.41, 5.74) is -0.463. The fourth-order valence-electron chi connectivity index (χ4n) is 2.13. The van der Waals surface area contributed by atoms with Crippen molar-refractivity contribution in [2.24, 2.45) is 14.1 Å². The first-order valence-electron chi connectivity index (χ1n) is 7.14. The Bertz CT molecular complexity index is 906. The third-order valence-electron chi connectivity index (χ3n) is 3.66. The Balaban J connectivity index is 2.27. The van der Waals surface area contributed by atoms with E-state index in [2.05, 4.69) is 15.9 Å². The van der Waals surface area contributed by atoms with Crippen molar-refractivity contribution >= 4 is 21.9 Å². The van der Waals surface area contributed by atoms with Gasteiger partial charge < -0.3 is 14.2 Å². The molecule has 1 aromatic carbocycles. The van der Waals surface area contributed by atoms with Gasteiger partial charge in [-0.1, -0.05) is 0 Å². The molecule has 0 aliphatic carbocycles. The zero-order valence-corrected chi connectivity index (χ0v) is 15.7. The van der Waals surface area contributed by atoms with Crippen molar-refractivity contribution in [1.29, 1.82) is 0 Å². The van der Waals surface area contributed by atoms with Gasteiger partial charge in [0.05, 0.1) is 25.5 Å². The number of ether oxygens (including phenoxy) is 3. The van der Waals surface area contributed by atoms with Crippen LogP contribution in [0, 0.1) is 0 Å². The van der Waals surface area contributed by atoms with Crippen LogP contribution < -0.4 is 20.7 Å². The molecule has 0 unspecified atom stereocenters. The van der Waals surface area contributed by atoms with Crippen LogP contribution in [-0.4, -0.2) is 29.3 Å². The molecule has 0 aliphatic heterocycles. The van der Waals surface area contributed by atoms with E-state index in [1.54, 1.807) is 0 Å². The van der Waals surface area contributed by atoms with Gasteiger partial charge >= 0.3 is 11.7 Å². The summed E-state index contributed by atoms with van der Waals surface area (Å²) >= 11 is 3.32. The molecule has 0 amide bonds. The normalized spacial score (nSPS) is 10.4. The van der Waals surface area contributed by atoms with Crippen molar-refractivity contribution < 1.29 is 19.0 Å². The van der Waals surface area contributed by atoms with Gasteiger partial charge in [0.1, 0.15) is 22.6 Å². The summed E-state index contributed by atoms with van der Waals surface area (Å²) in [6.07, 6.45) is 0. The number of aromatic nitrogens is 2. The molecule has 0 radical (unpaired) electrons. The van der Waals surface area contributed by atoms with E-state index < -0.39 is 17.2 Å². The summed E-state index contributed by atoms with van der Waals surface area (Å²) in [6.45, 7) is -0.221. The van der Waals surface area contributed by atoms with Crippen molar-refractivity contribution in [2.45, 2.75) is 6.61 Å². The second-order valence-electron chi connectivity index (χ2n) is 5.15. The molecule has 0 spiro atoms. The first-order chi connectivity index (χ1) is 11.8. The number of carbonyl (C=O) groups is 1. The third kappa shape index (κ3) is 3.76. The number of esters is 1. The highest BCUT2D eigenvalue weighted by Crippen LogP contribution is 2.35. The molecule has 8 nitrogen and oxygen atoms in total. The van der Waals surface area contributed by atoms with E-state index in [1.807, 2.05) is 0 Å². The molecular formula is C16H17BrN2O6. The van der Waals surface area contributed by atoms with E-state index in [4.69, 9.17) is 14.2 Å². The van der Waals surface area contributed by atoms with Crippen LogP contribution in [0.5, 0.6) is 11.5 Å². The van der Waals surface area contributed by atoms with Gasteiger partial charge in [-0.15, -0.1) is 0 Å². The third-order valence-corrected chi connectivity index (χ3v) is 4.44. The largest absolute Gasteiger partial charge is 0.495 e. The van der Waals surface area contributed by atoms with Gasteiger partial charge in [0.15, 0.2) is 0 Å². The summed E-state index contributed by atoms with van der Waals surface area (Å²) in [6, 6.07) is 4.24. The van der Waals surface area contributed by atoms with Crippen molar-refractivity contribution in [1.82, 2.24) is 9.13 Å². The van der Waals surface area contributed by atoms with E-state index >= 15 is 0 Å². The maximum Gasteiger partial charge on any atom is 0.338 e. The fourth-order valence-corrected chi connectivity index (χ4v) is 2.68. The lowest BCUT2D eigenvalue weighted by molar-refractivity contribution is 0.0462. The van der Waals surface area contributed by atoms with Crippen molar-refractivity contribution in [2.75, 3.05) is 14.2 Å². The Labute approximate surface area is 151 Å². The van der Waals surface area contributed by atoms with Gasteiger partial charge in [-0.25, -0.2) is 9.59 Å². The smallest absolute Gasteiger partial charge is 0.338 e. The Morgan fingerprint density at radius 3 is 2.12 bits per heavy atom. The summed E-state index contributed by atoms with van der Waals surface area (Å²) < 4.78 is 18.4. The van der Waals surface area contributed by atoms with Crippen molar-refractivity contribution in [3.8, 4) is 11.5 Å². The number of nitrogens with zero attached hydrogens (tertiary/aromatic N) is 2. The Morgan fingerprint density at radius 2 is 1.60 bits per heavy atom. The van der Waals surface area contributed by atoms with Crippen LogP contribution in [0.4, 0.5) is 0 Å². The number of carbonyl (C=O) groups excluding carboxylic acids is 1. The summed E-state index contributed by atoms with van der Waals surface area (Å²) in [5, 5.41) is 0. The van der Waals surface area contributed by atoms with Gasteiger partial charge in [-0.2, -0.15) is 0 Å². The molecule has 1 heterocycles. The molecule has 0 bridgehead atoms. The topological polar surface area (TPSA) is 88.8 Å². The number of methoxy groups -OCH3 is 2. The SMILES string of the molecule is COc1cc(C(=O)OCc2cc(=O)n(C)c(=O)n2C)cc(OC)c1Br. The molecule has 9 heteroatoms. The Hall–Kier alpha value is -2.55. The van der Waals surface area contributed by atoms with Gasteiger partial charge in [-0.3, -0.25) is 13.9 Å². The Morgan fingerprint density at radius 1 is 1.04 bits per heavy atom. The first kappa shape index (κ1) is 18.8. The number of benzene rings is 1. The second-order valence-corrected chi connectivity index (χ2v) is 5.94. The monoisotopic (exact) mass is 412 g/mol. The summed E-state index contributed by atoms with van der Waals surface area (Å²) in [7, 11) is 5.80. The van der Waals surface area contributed by atoms with E-state index in [9.17, 15) is 14.4 Å². The quantitative estimate of drug-likeness (QED) is 0.685. The molecule has 0 saturated heterocycles. The van der Waals surface area contributed by atoms with Crippen LogP contribution in [0.2, 0.25) is 0 Å². The van der Waals surface area contributed by atoms with Crippen molar-refractivity contribution in [3.63, 3.8) is 0 Å². The van der Waals surface area contributed by atoms with E-state index in [0.29, 0.717) is 16.0 Å². The van der Waals surface area contributed by atoms with Crippen LogP contribution in [0.25, 0.3) is 0 Å². The highest BCUT2D eigenvalue weighted by molar-refractivity contribution is 9.10. The molecular weight excluding hydrogens is 396 g/mol. The molecule has 0 aliphatic rings. The highest BCUT2D eigenvalue weighted by Gasteiger charge is 2.16. The fraction of sp³-hybridized carbons (Fsp3) is 0.312.